The molecule has 0 aromatic carbocycles. The predicted molar refractivity (Wildman–Crippen MR) is 214 cm³/mol. The highest BCUT2D eigenvalue weighted by Gasteiger charge is 2.69. The fourth-order valence-corrected chi connectivity index (χ4v) is 16.9. The van der Waals surface area contributed by atoms with Gasteiger partial charge in [-0.1, -0.05) is 54.4 Å². The number of ether oxygens (including phenoxy) is 2. The SMILES string of the molecule is C[C@H]1CC[C@]2(C)C3CC[C@]4(C)[C@@H](C(=O)COC(=O)C(=O)O)CC[C@]4(O)C3CC[C@@H]2C1.C[C@H]1CC[C@]2(C)C3CC[C@]4(C)[C@@H](C5=CC(=O)OC5)CC[C@]4(O)C3CC[C@@H]2C1. The Hall–Kier alpha value is -2.26. The number of carboxylic acid groups (broad SMARTS) is 1. The molecule has 9 rings (SSSR count). The Balaban J connectivity index is 0.000000160. The number of carbonyl (C=O) groups excluding carboxylic acids is 3. The Morgan fingerprint density at radius 2 is 1.21 bits per heavy atom. The largest absolute Gasteiger partial charge is 0.473 e. The Kier molecular flexibility index (Phi) is 10.5. The van der Waals surface area contributed by atoms with Crippen LogP contribution >= 0.6 is 0 Å². The summed E-state index contributed by atoms with van der Waals surface area (Å²) in [4.78, 5) is 46.4. The van der Waals surface area contributed by atoms with E-state index in [1.165, 1.54) is 57.8 Å². The summed E-state index contributed by atoms with van der Waals surface area (Å²) in [6.07, 6.45) is 21.6. The number of carbonyl (C=O) groups is 4. The molecule has 0 aromatic rings. The fourth-order valence-electron chi connectivity index (χ4n) is 16.9. The molecular formula is C48H72O9. The van der Waals surface area contributed by atoms with Crippen LogP contribution in [0.2, 0.25) is 0 Å². The summed E-state index contributed by atoms with van der Waals surface area (Å²) in [6, 6.07) is 0. The molecule has 0 radical (unpaired) electrons. The first kappa shape index (κ1) is 41.5. The molecule has 8 saturated carbocycles. The smallest absolute Gasteiger partial charge is 0.417 e. The Morgan fingerprint density at radius 3 is 1.74 bits per heavy atom. The highest BCUT2D eigenvalue weighted by atomic mass is 16.6. The van der Waals surface area contributed by atoms with E-state index >= 15 is 0 Å². The molecule has 0 spiro atoms. The van der Waals surface area contributed by atoms with Crippen LogP contribution in [-0.4, -0.2) is 63.4 Å². The van der Waals surface area contributed by atoms with Crippen LogP contribution < -0.4 is 0 Å². The zero-order valence-electron chi connectivity index (χ0n) is 35.8. The normalized spacial score (nSPS) is 50.9. The van der Waals surface area contributed by atoms with Gasteiger partial charge in [-0.05, 0) is 172 Å². The highest BCUT2D eigenvalue weighted by Crippen LogP contribution is 2.71. The van der Waals surface area contributed by atoms with Crippen molar-refractivity contribution < 1.29 is 44.0 Å². The zero-order valence-corrected chi connectivity index (χ0v) is 35.8. The lowest BCUT2D eigenvalue weighted by molar-refractivity contribution is -0.208. The first-order valence-electron chi connectivity index (χ1n) is 23.1. The minimum atomic E-state index is -1.69. The maximum Gasteiger partial charge on any atom is 0.417 e. The molecule has 9 nitrogen and oxygen atoms in total. The minimum Gasteiger partial charge on any atom is -0.473 e. The average Bonchev–Trinajstić information content (AvgIpc) is 3.81. The Morgan fingerprint density at radius 1 is 0.684 bits per heavy atom. The highest BCUT2D eigenvalue weighted by molar-refractivity contribution is 6.28. The van der Waals surface area contributed by atoms with Crippen LogP contribution in [0.1, 0.15) is 157 Å². The number of rotatable bonds is 4. The second-order valence-corrected chi connectivity index (χ2v) is 22.4. The topological polar surface area (TPSA) is 147 Å². The van der Waals surface area contributed by atoms with Crippen LogP contribution in [0, 0.1) is 80.8 Å². The second kappa shape index (κ2) is 14.4. The molecule has 0 saturated heterocycles. The lowest BCUT2D eigenvalue weighted by Gasteiger charge is -2.63. The number of Topliss-reactive ketones (excluding diaryl/α,β-unsaturated/α-hetero) is 1. The van der Waals surface area contributed by atoms with Crippen LogP contribution in [-0.2, 0) is 28.7 Å². The van der Waals surface area contributed by atoms with Crippen molar-refractivity contribution in [3.05, 3.63) is 11.6 Å². The van der Waals surface area contributed by atoms with E-state index in [4.69, 9.17) is 9.84 Å². The van der Waals surface area contributed by atoms with Gasteiger partial charge in [0, 0.05) is 22.8 Å². The number of ketones is 1. The molecule has 9 aliphatic rings. The molecule has 8 fully saturated rings. The molecule has 4 unspecified atom stereocenters. The quantitative estimate of drug-likeness (QED) is 0.188. The van der Waals surface area contributed by atoms with Gasteiger partial charge < -0.3 is 24.8 Å². The average molecular weight is 793 g/mol. The van der Waals surface area contributed by atoms with Gasteiger partial charge in [0.05, 0.1) is 11.2 Å². The molecule has 0 bridgehead atoms. The molecule has 1 heterocycles. The van der Waals surface area contributed by atoms with Crippen molar-refractivity contribution in [1.82, 2.24) is 0 Å². The molecule has 318 valence electrons. The van der Waals surface area contributed by atoms with Crippen LogP contribution in [0.4, 0.5) is 0 Å². The van der Waals surface area contributed by atoms with Gasteiger partial charge in [-0.15, -0.1) is 0 Å². The van der Waals surface area contributed by atoms with Crippen LogP contribution in [0.15, 0.2) is 11.6 Å². The molecule has 1 aliphatic heterocycles. The van der Waals surface area contributed by atoms with Crippen molar-refractivity contribution in [2.45, 2.75) is 168 Å². The molecule has 0 amide bonds. The number of aliphatic hydroxyl groups is 2. The van der Waals surface area contributed by atoms with Crippen LogP contribution in [0.5, 0.6) is 0 Å². The number of hydrogen-bond donors (Lipinski definition) is 3. The first-order chi connectivity index (χ1) is 26.8. The molecule has 9 heteroatoms. The van der Waals surface area contributed by atoms with E-state index in [2.05, 4.69) is 39.4 Å². The zero-order chi connectivity index (χ0) is 40.9. The van der Waals surface area contributed by atoms with Gasteiger partial charge in [-0.25, -0.2) is 14.4 Å². The van der Waals surface area contributed by atoms with Gasteiger partial charge in [-0.2, -0.15) is 0 Å². The third-order valence-corrected chi connectivity index (χ3v) is 20.3. The van der Waals surface area contributed by atoms with Crippen molar-refractivity contribution in [2.24, 2.45) is 80.8 Å². The van der Waals surface area contributed by atoms with Crippen molar-refractivity contribution in [2.75, 3.05) is 13.2 Å². The van der Waals surface area contributed by atoms with E-state index < -0.39 is 35.2 Å². The van der Waals surface area contributed by atoms with Crippen LogP contribution in [0.3, 0.4) is 0 Å². The second-order valence-electron chi connectivity index (χ2n) is 22.4. The van der Waals surface area contributed by atoms with E-state index in [9.17, 15) is 29.4 Å². The Labute approximate surface area is 340 Å². The third kappa shape index (κ3) is 6.25. The lowest BCUT2D eigenvalue weighted by atomic mass is 9.43. The van der Waals surface area contributed by atoms with Crippen molar-refractivity contribution in [3.8, 4) is 0 Å². The summed E-state index contributed by atoms with van der Waals surface area (Å²) < 4.78 is 9.89. The van der Waals surface area contributed by atoms with Crippen LogP contribution in [0.25, 0.3) is 0 Å². The van der Waals surface area contributed by atoms with E-state index in [-0.39, 0.29) is 34.4 Å². The van der Waals surface area contributed by atoms with Gasteiger partial charge in [0.25, 0.3) is 0 Å². The maximum absolute atomic E-state index is 12.9. The summed E-state index contributed by atoms with van der Waals surface area (Å²) in [5, 5.41) is 32.9. The fraction of sp³-hybridized carbons (Fsp3) is 0.875. The van der Waals surface area contributed by atoms with Gasteiger partial charge in [-0.3, -0.25) is 4.79 Å². The maximum atomic E-state index is 12.9. The summed E-state index contributed by atoms with van der Waals surface area (Å²) in [5.74, 6) is 1.48. The molecule has 57 heavy (non-hydrogen) atoms. The predicted octanol–water partition coefficient (Wildman–Crippen LogP) is 8.47. The van der Waals surface area contributed by atoms with E-state index in [1.807, 2.05) is 6.92 Å². The molecule has 3 N–H and O–H groups in total. The summed E-state index contributed by atoms with van der Waals surface area (Å²) >= 11 is 0. The number of hydrogen-bond acceptors (Lipinski definition) is 8. The minimum absolute atomic E-state index is 0.0981. The van der Waals surface area contributed by atoms with Crippen molar-refractivity contribution in [1.29, 1.82) is 0 Å². The number of carboxylic acids is 1. The number of cyclic esters (lactones) is 1. The number of fused-ring (bicyclic) bond motifs is 10. The van der Waals surface area contributed by atoms with Gasteiger partial charge >= 0.3 is 17.9 Å². The number of esters is 2. The van der Waals surface area contributed by atoms with Gasteiger partial charge in [0.1, 0.15) is 6.61 Å². The number of aliphatic carboxylic acids is 1. The summed E-state index contributed by atoms with van der Waals surface area (Å²) in [5.41, 5.74) is -0.218. The van der Waals surface area contributed by atoms with Crippen molar-refractivity contribution in [3.63, 3.8) is 0 Å². The van der Waals surface area contributed by atoms with Gasteiger partial charge in [0.15, 0.2) is 12.4 Å². The van der Waals surface area contributed by atoms with E-state index in [0.717, 1.165) is 74.2 Å². The monoisotopic (exact) mass is 793 g/mol. The van der Waals surface area contributed by atoms with Crippen molar-refractivity contribution >= 4 is 23.7 Å². The first-order valence-corrected chi connectivity index (χ1v) is 23.1. The van der Waals surface area contributed by atoms with E-state index in [1.54, 1.807) is 6.08 Å². The summed E-state index contributed by atoms with van der Waals surface area (Å²) in [7, 11) is 0. The van der Waals surface area contributed by atoms with Gasteiger partial charge in [0.2, 0.25) is 0 Å². The third-order valence-electron chi connectivity index (χ3n) is 20.3. The lowest BCUT2D eigenvalue weighted by Crippen LogP contribution is -2.62. The standard InChI is InChI=1S/C24H36O6.C24H36O3/c1-14-6-9-22(2)15(12-14)4-5-17-16(22)7-10-23(3)18(8-11-24(17,23)29)19(25)13-30-21(28)20(26)27;1-15-6-9-22(2)17(12-15)4-5-20-19(22)7-10-23(3)18(8-11-24(20,23)26)16-13-21(25)27-14-16/h14-18,29H,4-13H2,1-3H3,(H,26,27);13,15,17-20,26H,4-12,14H2,1-3H3/t14-,15+,16?,17?,18+,22-,23+,24-;15-,17+,18+,19?,20?,22-,23+,24-/m00/s1. The molecule has 0 aromatic heterocycles. The Bertz CT molecular complexity index is 1670. The summed E-state index contributed by atoms with van der Waals surface area (Å²) in [6.45, 7) is 14.1. The van der Waals surface area contributed by atoms with E-state index in [0.29, 0.717) is 48.5 Å². The molecule has 16 atom stereocenters. The molecule has 8 aliphatic carbocycles. The molecular weight excluding hydrogens is 721 g/mol.